The second-order valence-corrected chi connectivity index (χ2v) is 8.13. The van der Waals surface area contributed by atoms with Crippen LogP contribution in [0.5, 0.6) is 5.75 Å². The van der Waals surface area contributed by atoms with Crippen molar-refractivity contribution in [2.45, 2.75) is 51.0 Å². The number of likely N-dealkylation sites (tertiary alicyclic amines) is 2. The van der Waals surface area contributed by atoms with Crippen LogP contribution in [0.2, 0.25) is 0 Å². The maximum absolute atomic E-state index is 13.2. The largest absolute Gasteiger partial charge is 0.484 e. The third-order valence-corrected chi connectivity index (χ3v) is 6.42. The summed E-state index contributed by atoms with van der Waals surface area (Å²) in [7, 11) is 0. The van der Waals surface area contributed by atoms with E-state index in [2.05, 4.69) is 4.90 Å². The van der Waals surface area contributed by atoms with Crippen LogP contribution in [-0.2, 0) is 9.59 Å². The number of halogens is 1. The molecule has 3 fully saturated rings. The number of hydrogen-bond donors (Lipinski definition) is 0. The SMILES string of the molecule is O=C(COc1ccc(F)cc1)N1CC[C@@]2(CCCN(C3CCCC3)C2=O)C1. The van der Waals surface area contributed by atoms with Gasteiger partial charge in [-0.2, -0.15) is 0 Å². The Morgan fingerprint density at radius 1 is 1.11 bits per heavy atom. The summed E-state index contributed by atoms with van der Waals surface area (Å²) in [5.41, 5.74) is -0.396. The lowest BCUT2D eigenvalue weighted by molar-refractivity contribution is -0.148. The monoisotopic (exact) mass is 374 g/mol. The average Bonchev–Trinajstić information content (AvgIpc) is 3.34. The molecule has 146 valence electrons. The fourth-order valence-electron chi connectivity index (χ4n) is 4.90. The molecule has 2 heterocycles. The van der Waals surface area contributed by atoms with Crippen molar-refractivity contribution in [3.05, 3.63) is 30.1 Å². The van der Waals surface area contributed by atoms with E-state index in [1.807, 2.05) is 0 Å². The molecule has 0 N–H and O–H groups in total. The van der Waals surface area contributed by atoms with Gasteiger partial charge in [-0.05, 0) is 56.4 Å². The van der Waals surface area contributed by atoms with E-state index >= 15 is 0 Å². The van der Waals surface area contributed by atoms with Gasteiger partial charge in [-0.1, -0.05) is 12.8 Å². The van der Waals surface area contributed by atoms with E-state index in [1.165, 1.54) is 37.1 Å². The normalized spacial score (nSPS) is 26.2. The Bertz CT molecular complexity index is 702. The average molecular weight is 374 g/mol. The summed E-state index contributed by atoms with van der Waals surface area (Å²) >= 11 is 0. The van der Waals surface area contributed by atoms with Gasteiger partial charge in [0, 0.05) is 25.7 Å². The Hall–Kier alpha value is -2.11. The minimum atomic E-state index is -0.396. The van der Waals surface area contributed by atoms with Crippen LogP contribution in [0.15, 0.2) is 24.3 Å². The number of benzene rings is 1. The predicted molar refractivity (Wildman–Crippen MR) is 98.7 cm³/mol. The van der Waals surface area contributed by atoms with Crippen LogP contribution < -0.4 is 4.74 Å². The Kier molecular flexibility index (Phi) is 5.06. The third-order valence-electron chi connectivity index (χ3n) is 6.42. The number of ether oxygens (including phenoxy) is 1. The molecule has 1 atom stereocenters. The van der Waals surface area contributed by atoms with E-state index in [0.29, 0.717) is 24.9 Å². The standard InChI is InChI=1S/C21H27FN2O3/c22-16-6-8-18(9-7-16)27-14-19(25)23-13-11-21(15-23)10-3-12-24(20(21)26)17-4-1-2-5-17/h6-9,17H,1-5,10-15H2/t21-/m0/s1. The lowest BCUT2D eigenvalue weighted by atomic mass is 9.77. The fraction of sp³-hybridized carbons (Fsp3) is 0.619. The molecule has 1 saturated carbocycles. The number of hydrogen-bond acceptors (Lipinski definition) is 3. The topological polar surface area (TPSA) is 49.9 Å². The molecule has 0 unspecified atom stereocenters. The van der Waals surface area contributed by atoms with Crippen molar-refractivity contribution in [2.75, 3.05) is 26.2 Å². The highest BCUT2D eigenvalue weighted by Crippen LogP contribution is 2.42. The third kappa shape index (κ3) is 3.66. The molecule has 4 rings (SSSR count). The molecule has 0 bridgehead atoms. The molecule has 2 saturated heterocycles. The quantitative estimate of drug-likeness (QED) is 0.814. The summed E-state index contributed by atoms with van der Waals surface area (Å²) in [6.45, 7) is 1.89. The number of carbonyl (C=O) groups is 2. The molecule has 0 radical (unpaired) electrons. The van der Waals surface area contributed by atoms with Crippen LogP contribution in [0, 0.1) is 11.2 Å². The first-order valence-corrected chi connectivity index (χ1v) is 10.0. The van der Waals surface area contributed by atoms with Crippen molar-refractivity contribution in [1.29, 1.82) is 0 Å². The molecule has 5 nitrogen and oxygen atoms in total. The van der Waals surface area contributed by atoms with Gasteiger partial charge in [0.25, 0.3) is 5.91 Å². The van der Waals surface area contributed by atoms with E-state index in [-0.39, 0.29) is 24.2 Å². The maximum Gasteiger partial charge on any atom is 0.260 e. The van der Waals surface area contributed by atoms with Crippen molar-refractivity contribution in [3.8, 4) is 5.75 Å². The van der Waals surface area contributed by atoms with Crippen molar-refractivity contribution in [1.82, 2.24) is 9.80 Å². The van der Waals surface area contributed by atoms with Crippen molar-refractivity contribution < 1.29 is 18.7 Å². The van der Waals surface area contributed by atoms with Gasteiger partial charge in [0.05, 0.1) is 5.41 Å². The minimum absolute atomic E-state index is 0.0811. The summed E-state index contributed by atoms with van der Waals surface area (Å²) in [4.78, 5) is 29.7. The molecule has 1 aliphatic carbocycles. The lowest BCUT2D eigenvalue weighted by Crippen LogP contribution is -2.53. The van der Waals surface area contributed by atoms with Crippen molar-refractivity contribution >= 4 is 11.8 Å². The number of carbonyl (C=O) groups excluding carboxylic acids is 2. The van der Waals surface area contributed by atoms with Gasteiger partial charge < -0.3 is 14.5 Å². The van der Waals surface area contributed by atoms with Gasteiger partial charge in [0.1, 0.15) is 11.6 Å². The number of piperidine rings is 1. The van der Waals surface area contributed by atoms with E-state index in [9.17, 15) is 14.0 Å². The van der Waals surface area contributed by atoms with Crippen LogP contribution in [0.25, 0.3) is 0 Å². The second-order valence-electron chi connectivity index (χ2n) is 8.13. The van der Waals surface area contributed by atoms with E-state index in [0.717, 1.165) is 38.6 Å². The van der Waals surface area contributed by atoms with Crippen LogP contribution in [0.3, 0.4) is 0 Å². The highest BCUT2D eigenvalue weighted by atomic mass is 19.1. The molecule has 0 aromatic heterocycles. The zero-order valence-electron chi connectivity index (χ0n) is 15.7. The Morgan fingerprint density at radius 2 is 1.85 bits per heavy atom. The van der Waals surface area contributed by atoms with Gasteiger partial charge in [-0.25, -0.2) is 4.39 Å². The van der Waals surface area contributed by atoms with Crippen LogP contribution >= 0.6 is 0 Å². The molecule has 2 amide bonds. The van der Waals surface area contributed by atoms with Gasteiger partial charge in [-0.15, -0.1) is 0 Å². The van der Waals surface area contributed by atoms with Gasteiger partial charge >= 0.3 is 0 Å². The first kappa shape index (κ1) is 18.3. The van der Waals surface area contributed by atoms with Gasteiger partial charge in [0.2, 0.25) is 5.91 Å². The van der Waals surface area contributed by atoms with Crippen LogP contribution in [-0.4, -0.2) is 53.9 Å². The molecule has 1 spiro atoms. The van der Waals surface area contributed by atoms with E-state index in [4.69, 9.17) is 4.74 Å². The van der Waals surface area contributed by atoms with Crippen LogP contribution in [0.4, 0.5) is 4.39 Å². The molecule has 6 heteroatoms. The minimum Gasteiger partial charge on any atom is -0.484 e. The molecule has 3 aliphatic rings. The molecular weight excluding hydrogens is 347 g/mol. The summed E-state index contributed by atoms with van der Waals surface area (Å²) < 4.78 is 18.4. The van der Waals surface area contributed by atoms with Crippen LogP contribution in [0.1, 0.15) is 44.9 Å². The summed E-state index contributed by atoms with van der Waals surface area (Å²) in [6.07, 6.45) is 7.32. The Morgan fingerprint density at radius 3 is 2.59 bits per heavy atom. The van der Waals surface area contributed by atoms with E-state index in [1.54, 1.807) is 4.90 Å². The molecule has 1 aromatic carbocycles. The number of rotatable bonds is 4. The first-order valence-electron chi connectivity index (χ1n) is 10.0. The van der Waals surface area contributed by atoms with E-state index < -0.39 is 5.41 Å². The number of nitrogens with zero attached hydrogens (tertiary/aromatic N) is 2. The number of amides is 2. The fourth-order valence-corrected chi connectivity index (χ4v) is 4.90. The summed E-state index contributed by atoms with van der Waals surface area (Å²) in [6, 6.07) is 6.05. The smallest absolute Gasteiger partial charge is 0.260 e. The first-order chi connectivity index (χ1) is 13.1. The second kappa shape index (κ2) is 7.49. The lowest BCUT2D eigenvalue weighted by Gasteiger charge is -2.42. The Balaban J connectivity index is 1.36. The van der Waals surface area contributed by atoms with Crippen molar-refractivity contribution in [3.63, 3.8) is 0 Å². The molecule has 27 heavy (non-hydrogen) atoms. The summed E-state index contributed by atoms with van der Waals surface area (Å²) in [5, 5.41) is 0. The zero-order chi connectivity index (χ0) is 18.9. The molecule has 1 aromatic rings. The highest BCUT2D eigenvalue weighted by molar-refractivity contribution is 5.86. The highest BCUT2D eigenvalue weighted by Gasteiger charge is 2.50. The zero-order valence-corrected chi connectivity index (χ0v) is 15.7. The van der Waals surface area contributed by atoms with Crippen molar-refractivity contribution in [2.24, 2.45) is 5.41 Å². The Labute approximate surface area is 159 Å². The molecule has 2 aliphatic heterocycles. The van der Waals surface area contributed by atoms with Gasteiger partial charge in [-0.3, -0.25) is 9.59 Å². The van der Waals surface area contributed by atoms with Gasteiger partial charge in [0.15, 0.2) is 6.61 Å². The maximum atomic E-state index is 13.2. The molecular formula is C21H27FN2O3. The summed E-state index contributed by atoms with van der Waals surface area (Å²) in [5.74, 6) is 0.287. The predicted octanol–water partition coefficient (Wildman–Crippen LogP) is 2.99.